The largest absolute Gasteiger partial charge is 0.392 e. The summed E-state index contributed by atoms with van der Waals surface area (Å²) >= 11 is 6.11. The van der Waals surface area contributed by atoms with Crippen LogP contribution in [0.25, 0.3) is 0 Å². The van der Waals surface area contributed by atoms with Crippen LogP contribution in [0.1, 0.15) is 65.5 Å². The molecule has 58 heavy (non-hydrogen) atoms. The lowest BCUT2D eigenvalue weighted by atomic mass is 9.84. The van der Waals surface area contributed by atoms with Crippen molar-refractivity contribution >= 4 is 33.2 Å². The molecule has 0 bridgehead atoms. The van der Waals surface area contributed by atoms with Crippen molar-refractivity contribution in [1.29, 1.82) is 0 Å². The van der Waals surface area contributed by atoms with E-state index in [2.05, 4.69) is 21.9 Å². The molecule has 12 heteroatoms. The number of ether oxygens (including phenoxy) is 2. The van der Waals surface area contributed by atoms with Crippen LogP contribution in [0.2, 0.25) is 5.02 Å². The molecule has 5 aromatic rings. The van der Waals surface area contributed by atoms with Gasteiger partial charge in [-0.05, 0) is 84.8 Å². The molecule has 304 valence electrons. The van der Waals surface area contributed by atoms with E-state index >= 15 is 0 Å². The Morgan fingerprint density at radius 2 is 1.48 bits per heavy atom. The van der Waals surface area contributed by atoms with E-state index < -0.39 is 33.9 Å². The number of aliphatic hydroxyl groups is 2. The van der Waals surface area contributed by atoms with Crippen molar-refractivity contribution in [3.05, 3.63) is 166 Å². The number of halogens is 1. The average Bonchev–Trinajstić information content (AvgIpc) is 3.23. The number of aliphatic hydroxyl groups excluding tert-OH is 1. The molecule has 2 saturated heterocycles. The van der Waals surface area contributed by atoms with Gasteiger partial charge in [-0.1, -0.05) is 115 Å². The number of hydrogen-bond acceptors (Lipinski definition) is 8. The Morgan fingerprint density at radius 1 is 0.845 bits per heavy atom. The van der Waals surface area contributed by atoms with E-state index in [0.29, 0.717) is 43.2 Å². The summed E-state index contributed by atoms with van der Waals surface area (Å²) in [5.74, 6) is -0.528. The van der Waals surface area contributed by atoms with Crippen molar-refractivity contribution in [3.8, 4) is 0 Å². The maximum atomic E-state index is 13.8. The third kappa shape index (κ3) is 10.0. The van der Waals surface area contributed by atoms with Crippen molar-refractivity contribution < 1.29 is 32.9 Å². The van der Waals surface area contributed by atoms with Gasteiger partial charge in [0.05, 0.1) is 29.3 Å². The normalized spacial score (nSPS) is 21.6. The number of nitrogens with one attached hydrogen (secondary N) is 2. The first-order valence-corrected chi connectivity index (χ1v) is 21.5. The highest BCUT2D eigenvalue weighted by molar-refractivity contribution is 7.89. The van der Waals surface area contributed by atoms with E-state index in [1.54, 1.807) is 24.3 Å². The molecular weight excluding hydrogens is 774 g/mol. The number of likely N-dealkylation sites (tertiary alicyclic amines) is 1. The Labute approximate surface area is 345 Å². The first-order chi connectivity index (χ1) is 27.9. The van der Waals surface area contributed by atoms with Crippen LogP contribution in [0.3, 0.4) is 0 Å². The third-order valence-electron chi connectivity index (χ3n) is 11.3. The van der Waals surface area contributed by atoms with Crippen molar-refractivity contribution in [2.24, 2.45) is 5.92 Å². The van der Waals surface area contributed by atoms with Crippen molar-refractivity contribution in [1.82, 2.24) is 9.62 Å². The number of benzene rings is 5. The number of piperidine rings is 1. The fourth-order valence-corrected chi connectivity index (χ4v) is 9.02. The number of aryl methyl sites for hydroxylation is 1. The Kier molecular flexibility index (Phi) is 13.1. The maximum absolute atomic E-state index is 13.8. The summed E-state index contributed by atoms with van der Waals surface area (Å²) in [7, 11) is -4.00. The SMILES string of the molecule is Cc1ccc(S(=O)(=O)NC(Cc2ccccc2)C(=O)Nc2ccc(C3OC(CN4CCC(O)(c5ccc(Cl)cc5)CC4)C(C)C(c4ccc(CO)cc4)O3)cc2)cc1. The van der Waals surface area contributed by atoms with Gasteiger partial charge in [-0.25, -0.2) is 8.42 Å². The summed E-state index contributed by atoms with van der Waals surface area (Å²) < 4.78 is 42.8. The monoisotopic (exact) mass is 823 g/mol. The summed E-state index contributed by atoms with van der Waals surface area (Å²) in [6, 6.07) is 37.1. The van der Waals surface area contributed by atoms with E-state index in [1.165, 1.54) is 12.1 Å². The number of nitrogens with zero attached hydrogens (tertiary/aromatic N) is 1. The summed E-state index contributed by atoms with van der Waals surface area (Å²) in [5.41, 5.74) is 4.70. The van der Waals surface area contributed by atoms with Gasteiger partial charge in [-0.15, -0.1) is 0 Å². The quantitative estimate of drug-likeness (QED) is 0.0962. The smallest absolute Gasteiger partial charge is 0.242 e. The minimum atomic E-state index is -4.00. The number of carbonyl (C=O) groups is 1. The standard InChI is InChI=1S/C46H50ClN3O7S/c1-31-8-22-40(23-9-31)58(54,55)49-41(28-33-6-4-3-5-7-33)44(52)48-39-20-14-36(15-21-39)45-56-42(32(2)43(57-45)35-12-10-34(30-51)11-13-35)29-50-26-24-46(53,25-27-50)37-16-18-38(47)19-17-37/h3-23,32,41-43,45,49,51,53H,24-30H2,1-2H3,(H,48,52). The minimum absolute atomic E-state index is 0.0305. The average molecular weight is 824 g/mol. The van der Waals surface area contributed by atoms with Gasteiger partial charge >= 0.3 is 0 Å². The summed E-state index contributed by atoms with van der Waals surface area (Å²) in [5, 5.41) is 24.7. The molecule has 10 nitrogen and oxygen atoms in total. The number of carbonyl (C=O) groups excluding carboxylic acids is 1. The van der Waals surface area contributed by atoms with Gasteiger partial charge in [0, 0.05) is 41.8 Å². The van der Waals surface area contributed by atoms with Gasteiger partial charge < -0.3 is 29.9 Å². The van der Waals surface area contributed by atoms with Crippen molar-refractivity contribution in [2.45, 2.75) is 74.8 Å². The van der Waals surface area contributed by atoms with Crippen LogP contribution in [-0.4, -0.2) is 61.2 Å². The highest BCUT2D eigenvalue weighted by Crippen LogP contribution is 2.43. The van der Waals surface area contributed by atoms with Gasteiger partial charge in [-0.3, -0.25) is 4.79 Å². The van der Waals surface area contributed by atoms with E-state index in [0.717, 1.165) is 33.4 Å². The fourth-order valence-electron chi connectivity index (χ4n) is 7.70. The highest BCUT2D eigenvalue weighted by Gasteiger charge is 2.41. The summed E-state index contributed by atoms with van der Waals surface area (Å²) in [6.07, 6.45) is 0.0475. The lowest BCUT2D eigenvalue weighted by Crippen LogP contribution is -2.49. The molecule has 2 fully saturated rings. The molecule has 0 spiro atoms. The van der Waals surface area contributed by atoms with Crippen molar-refractivity contribution in [3.63, 3.8) is 0 Å². The van der Waals surface area contributed by atoms with Crippen LogP contribution in [0.5, 0.6) is 0 Å². The van der Waals surface area contributed by atoms with Crippen LogP contribution in [0.15, 0.2) is 132 Å². The van der Waals surface area contributed by atoms with Crippen molar-refractivity contribution in [2.75, 3.05) is 25.0 Å². The molecular formula is C46H50ClN3O7S. The predicted octanol–water partition coefficient (Wildman–Crippen LogP) is 7.44. The van der Waals surface area contributed by atoms with E-state index in [-0.39, 0.29) is 36.0 Å². The van der Waals surface area contributed by atoms with E-state index in [1.807, 2.05) is 97.9 Å². The molecule has 1 amide bonds. The molecule has 0 aliphatic carbocycles. The molecule has 4 N–H and O–H groups in total. The van der Waals surface area contributed by atoms with Crippen LogP contribution in [-0.2, 0) is 42.9 Å². The fraction of sp³-hybridized carbons (Fsp3) is 0.326. The van der Waals surface area contributed by atoms with Crippen LogP contribution < -0.4 is 10.0 Å². The topological polar surface area (TPSA) is 137 Å². The number of hydrogen-bond donors (Lipinski definition) is 4. The predicted molar refractivity (Wildman–Crippen MR) is 224 cm³/mol. The molecule has 5 aromatic carbocycles. The Balaban J connectivity index is 1.07. The number of anilines is 1. The second kappa shape index (κ2) is 18.2. The lowest BCUT2D eigenvalue weighted by molar-refractivity contribution is -0.277. The maximum Gasteiger partial charge on any atom is 0.242 e. The van der Waals surface area contributed by atoms with Gasteiger partial charge in [0.15, 0.2) is 6.29 Å². The zero-order chi connectivity index (χ0) is 40.9. The molecule has 2 heterocycles. The van der Waals surface area contributed by atoms with Gasteiger partial charge in [-0.2, -0.15) is 4.72 Å². The lowest BCUT2D eigenvalue weighted by Gasteiger charge is -2.45. The Bertz CT molecular complexity index is 2230. The minimum Gasteiger partial charge on any atom is -0.392 e. The molecule has 7 rings (SSSR count). The second-order valence-corrected chi connectivity index (χ2v) is 17.6. The van der Waals surface area contributed by atoms with Crippen LogP contribution >= 0.6 is 11.6 Å². The zero-order valence-corrected chi connectivity index (χ0v) is 34.2. The molecule has 0 saturated carbocycles. The number of amides is 1. The van der Waals surface area contributed by atoms with Crippen LogP contribution in [0, 0.1) is 12.8 Å². The summed E-state index contributed by atoms with van der Waals surface area (Å²) in [6.45, 7) is 5.96. The van der Waals surface area contributed by atoms with Crippen LogP contribution in [0.4, 0.5) is 5.69 Å². The van der Waals surface area contributed by atoms with E-state index in [4.69, 9.17) is 21.1 Å². The van der Waals surface area contributed by atoms with Gasteiger partial charge in [0.2, 0.25) is 15.9 Å². The summed E-state index contributed by atoms with van der Waals surface area (Å²) in [4.78, 5) is 16.2. The Morgan fingerprint density at radius 3 is 2.12 bits per heavy atom. The van der Waals surface area contributed by atoms with Gasteiger partial charge in [0.25, 0.3) is 0 Å². The molecule has 0 aromatic heterocycles. The first-order valence-electron chi connectivity index (χ1n) is 19.6. The first kappa shape index (κ1) is 41.7. The zero-order valence-electron chi connectivity index (χ0n) is 32.6. The number of sulfonamides is 1. The molecule has 0 radical (unpaired) electrons. The molecule has 2 aliphatic heterocycles. The van der Waals surface area contributed by atoms with Gasteiger partial charge in [0.1, 0.15) is 6.04 Å². The second-order valence-electron chi connectivity index (χ2n) is 15.4. The Hall–Kier alpha value is -4.43. The number of rotatable bonds is 13. The highest BCUT2D eigenvalue weighted by atomic mass is 35.5. The molecule has 2 aliphatic rings. The molecule has 5 atom stereocenters. The third-order valence-corrected chi connectivity index (χ3v) is 13.0. The van der Waals surface area contributed by atoms with E-state index in [9.17, 15) is 23.4 Å². The molecule has 5 unspecified atom stereocenters.